The van der Waals surface area contributed by atoms with E-state index < -0.39 is 5.97 Å². The molecule has 11 heavy (non-hydrogen) atoms. The molecule has 1 rings (SSSR count). The van der Waals surface area contributed by atoms with E-state index in [0.717, 1.165) is 0 Å². The molecule has 0 aromatic carbocycles. The van der Waals surface area contributed by atoms with E-state index in [1.165, 1.54) is 18.5 Å². The van der Waals surface area contributed by atoms with Crippen molar-refractivity contribution >= 4 is 5.97 Å². The first-order valence-electron chi connectivity index (χ1n) is 2.44. The van der Waals surface area contributed by atoms with Gasteiger partial charge in [-0.3, -0.25) is 4.98 Å². The molecule has 5 nitrogen and oxygen atoms in total. The first kappa shape index (κ1) is 12.2. The molecule has 0 bridgehead atoms. The second-order valence-electron chi connectivity index (χ2n) is 1.55. The van der Waals surface area contributed by atoms with Crippen molar-refractivity contribution in [2.45, 2.75) is 0 Å². The zero-order valence-electron chi connectivity index (χ0n) is 5.61. The zero-order valence-corrected chi connectivity index (χ0v) is 5.61. The normalized spacial score (nSPS) is 7.27. The molecule has 0 saturated heterocycles. The average molecular weight is 159 g/mol. The summed E-state index contributed by atoms with van der Waals surface area (Å²) >= 11 is 0. The SMILES string of the molecule is O.O.O=C(O)c1cccnc1. The van der Waals surface area contributed by atoms with Gasteiger partial charge >= 0.3 is 5.97 Å². The summed E-state index contributed by atoms with van der Waals surface area (Å²) in [4.78, 5) is 13.8. The van der Waals surface area contributed by atoms with E-state index in [0.29, 0.717) is 0 Å². The fourth-order valence-corrected chi connectivity index (χ4v) is 0.489. The third-order valence-corrected chi connectivity index (χ3v) is 0.908. The van der Waals surface area contributed by atoms with Gasteiger partial charge in [-0.15, -0.1) is 0 Å². The van der Waals surface area contributed by atoms with Gasteiger partial charge < -0.3 is 16.1 Å². The lowest BCUT2D eigenvalue weighted by molar-refractivity contribution is 0.0696. The smallest absolute Gasteiger partial charge is 0.337 e. The maximum absolute atomic E-state index is 10.2. The minimum absolute atomic E-state index is 0. The van der Waals surface area contributed by atoms with E-state index in [9.17, 15) is 4.79 Å². The molecule has 5 N–H and O–H groups in total. The second-order valence-corrected chi connectivity index (χ2v) is 1.55. The molecule has 0 unspecified atom stereocenters. The summed E-state index contributed by atoms with van der Waals surface area (Å²) in [7, 11) is 0. The van der Waals surface area contributed by atoms with Gasteiger partial charge in [0.2, 0.25) is 0 Å². The van der Waals surface area contributed by atoms with Crippen LogP contribution in [-0.2, 0) is 0 Å². The number of carboxylic acid groups (broad SMARTS) is 1. The quantitative estimate of drug-likeness (QED) is 0.574. The summed E-state index contributed by atoms with van der Waals surface area (Å²) in [6, 6.07) is 3.08. The predicted octanol–water partition coefficient (Wildman–Crippen LogP) is -0.870. The van der Waals surface area contributed by atoms with E-state index in [-0.39, 0.29) is 16.5 Å². The minimum Gasteiger partial charge on any atom is -0.478 e. The van der Waals surface area contributed by atoms with Gasteiger partial charge in [0.25, 0.3) is 0 Å². The molecular formula is C6H9NO4. The highest BCUT2D eigenvalue weighted by molar-refractivity contribution is 5.86. The van der Waals surface area contributed by atoms with Crippen molar-refractivity contribution in [3.63, 3.8) is 0 Å². The Labute approximate surface area is 62.9 Å². The van der Waals surface area contributed by atoms with Crippen LogP contribution in [0.25, 0.3) is 0 Å². The van der Waals surface area contributed by atoms with Crippen molar-refractivity contribution in [2.24, 2.45) is 0 Å². The van der Waals surface area contributed by atoms with Gasteiger partial charge in [0, 0.05) is 12.4 Å². The molecular weight excluding hydrogens is 150 g/mol. The molecule has 1 aromatic heterocycles. The summed E-state index contributed by atoms with van der Waals surface area (Å²) in [5, 5.41) is 8.34. The zero-order chi connectivity index (χ0) is 6.69. The van der Waals surface area contributed by atoms with E-state index in [2.05, 4.69) is 4.98 Å². The van der Waals surface area contributed by atoms with Gasteiger partial charge in [-0.1, -0.05) is 0 Å². The number of nitrogens with zero attached hydrogens (tertiary/aromatic N) is 1. The van der Waals surface area contributed by atoms with Crippen LogP contribution in [0.2, 0.25) is 0 Å². The van der Waals surface area contributed by atoms with E-state index >= 15 is 0 Å². The first-order valence-corrected chi connectivity index (χ1v) is 2.44. The van der Waals surface area contributed by atoms with Crippen LogP contribution in [0.3, 0.4) is 0 Å². The first-order chi connectivity index (χ1) is 4.30. The molecule has 62 valence electrons. The lowest BCUT2D eigenvalue weighted by atomic mass is 10.3. The molecule has 0 aliphatic carbocycles. The van der Waals surface area contributed by atoms with Crippen molar-refractivity contribution in [1.82, 2.24) is 4.98 Å². The number of aromatic nitrogens is 1. The van der Waals surface area contributed by atoms with Crippen LogP contribution in [0, 0.1) is 0 Å². The number of rotatable bonds is 1. The highest BCUT2D eigenvalue weighted by Crippen LogP contribution is 1.92. The fraction of sp³-hybridized carbons (Fsp3) is 0. The number of hydrogen-bond donors (Lipinski definition) is 1. The molecule has 1 aromatic rings. The molecule has 0 fully saturated rings. The van der Waals surface area contributed by atoms with Crippen molar-refractivity contribution in [1.29, 1.82) is 0 Å². The number of pyridine rings is 1. The monoisotopic (exact) mass is 159 g/mol. The molecule has 0 spiro atoms. The molecule has 5 heteroatoms. The third-order valence-electron chi connectivity index (χ3n) is 0.908. The fourth-order valence-electron chi connectivity index (χ4n) is 0.489. The van der Waals surface area contributed by atoms with Crippen LogP contribution in [0.5, 0.6) is 0 Å². The van der Waals surface area contributed by atoms with Gasteiger partial charge in [0.15, 0.2) is 0 Å². The van der Waals surface area contributed by atoms with Crippen LogP contribution in [0.15, 0.2) is 24.5 Å². The Balaban J connectivity index is 0. The third kappa shape index (κ3) is 3.29. The molecule has 0 aliphatic heterocycles. The minimum atomic E-state index is -0.942. The van der Waals surface area contributed by atoms with Crippen LogP contribution in [0.4, 0.5) is 0 Å². The predicted molar refractivity (Wildman–Crippen MR) is 38.4 cm³/mol. The van der Waals surface area contributed by atoms with Crippen molar-refractivity contribution in [2.75, 3.05) is 0 Å². The summed E-state index contributed by atoms with van der Waals surface area (Å²) in [5.74, 6) is -0.942. The largest absolute Gasteiger partial charge is 0.478 e. The molecule has 1 heterocycles. The highest BCUT2D eigenvalue weighted by atomic mass is 16.4. The average Bonchev–Trinajstić information content (AvgIpc) is 1.90. The lowest BCUT2D eigenvalue weighted by Crippen LogP contribution is -1.94. The van der Waals surface area contributed by atoms with Crippen LogP contribution < -0.4 is 0 Å². The maximum atomic E-state index is 10.2. The number of carboxylic acids is 1. The Hall–Kier alpha value is -1.46. The maximum Gasteiger partial charge on any atom is 0.337 e. The van der Waals surface area contributed by atoms with E-state index in [1.54, 1.807) is 6.07 Å². The molecule has 0 amide bonds. The molecule has 0 saturated carbocycles. The van der Waals surface area contributed by atoms with Crippen molar-refractivity contribution in [3.8, 4) is 0 Å². The highest BCUT2D eigenvalue weighted by Gasteiger charge is 1.97. The number of aromatic carboxylic acids is 1. The Morgan fingerprint density at radius 3 is 2.36 bits per heavy atom. The Bertz CT molecular complexity index is 211. The lowest BCUT2D eigenvalue weighted by Gasteiger charge is -1.87. The van der Waals surface area contributed by atoms with Gasteiger partial charge in [0.1, 0.15) is 0 Å². The van der Waals surface area contributed by atoms with Gasteiger partial charge in [-0.05, 0) is 12.1 Å². The van der Waals surface area contributed by atoms with E-state index in [4.69, 9.17) is 5.11 Å². The number of carbonyl (C=O) groups is 1. The molecule has 0 atom stereocenters. The summed E-state index contributed by atoms with van der Waals surface area (Å²) in [5.41, 5.74) is 0.220. The second kappa shape index (κ2) is 5.33. The van der Waals surface area contributed by atoms with E-state index in [1.807, 2.05) is 0 Å². The Kier molecular flexibility index (Phi) is 5.94. The van der Waals surface area contributed by atoms with Crippen molar-refractivity contribution < 1.29 is 20.9 Å². The van der Waals surface area contributed by atoms with Gasteiger partial charge in [-0.25, -0.2) is 4.79 Å². The Morgan fingerprint density at radius 1 is 1.45 bits per heavy atom. The molecule has 0 radical (unpaired) electrons. The van der Waals surface area contributed by atoms with Crippen molar-refractivity contribution in [3.05, 3.63) is 30.1 Å². The summed E-state index contributed by atoms with van der Waals surface area (Å²) < 4.78 is 0. The van der Waals surface area contributed by atoms with Crippen LogP contribution in [-0.4, -0.2) is 27.0 Å². The Morgan fingerprint density at radius 2 is 2.09 bits per heavy atom. The topological polar surface area (TPSA) is 113 Å². The van der Waals surface area contributed by atoms with Crippen LogP contribution >= 0.6 is 0 Å². The summed E-state index contributed by atoms with van der Waals surface area (Å²) in [6.07, 6.45) is 2.84. The van der Waals surface area contributed by atoms with Gasteiger partial charge in [0.05, 0.1) is 5.56 Å². The number of hydrogen-bond acceptors (Lipinski definition) is 2. The standard InChI is InChI=1S/C6H5NO2.2H2O/c8-6(9)5-2-1-3-7-4-5;;/h1-4H,(H,8,9);2*1H2. The van der Waals surface area contributed by atoms with Crippen LogP contribution in [0.1, 0.15) is 10.4 Å². The summed E-state index contributed by atoms with van der Waals surface area (Å²) in [6.45, 7) is 0. The molecule has 0 aliphatic rings. The van der Waals surface area contributed by atoms with Gasteiger partial charge in [-0.2, -0.15) is 0 Å².